The van der Waals surface area contributed by atoms with E-state index in [1.807, 2.05) is 6.92 Å². The van der Waals surface area contributed by atoms with Gasteiger partial charge < -0.3 is 16.0 Å². The Morgan fingerprint density at radius 1 is 1.00 bits per heavy atom. The maximum Gasteiger partial charge on any atom is 0.239 e. The molecule has 0 heterocycles. The van der Waals surface area contributed by atoms with E-state index >= 15 is 0 Å². The maximum atomic E-state index is 11.9. The Balaban J connectivity index is 2.37. The molecule has 0 radical (unpaired) electrons. The number of halogens is 1. The first-order valence-corrected chi connectivity index (χ1v) is 9.54. The SMILES string of the molecule is CCCCCCCNC(=O)CNc1cc(NC(=O)CCC)ccc1Cl. The molecule has 0 saturated carbocycles. The molecule has 0 aliphatic rings. The van der Waals surface area contributed by atoms with Gasteiger partial charge in [0, 0.05) is 18.7 Å². The Morgan fingerprint density at radius 3 is 2.48 bits per heavy atom. The third-order valence-electron chi connectivity index (χ3n) is 3.77. The van der Waals surface area contributed by atoms with E-state index in [4.69, 9.17) is 11.6 Å². The number of hydrogen-bond donors (Lipinski definition) is 3. The van der Waals surface area contributed by atoms with E-state index in [1.54, 1.807) is 18.2 Å². The van der Waals surface area contributed by atoms with Gasteiger partial charge in [0.15, 0.2) is 0 Å². The molecule has 2 amide bonds. The first-order valence-electron chi connectivity index (χ1n) is 9.16. The molecular weight excluding hydrogens is 338 g/mol. The van der Waals surface area contributed by atoms with Crippen LogP contribution in [0.2, 0.25) is 5.02 Å². The molecule has 0 unspecified atom stereocenters. The summed E-state index contributed by atoms with van der Waals surface area (Å²) in [7, 11) is 0. The highest BCUT2D eigenvalue weighted by Gasteiger charge is 2.07. The molecule has 1 aromatic rings. The fraction of sp³-hybridized carbons (Fsp3) is 0.579. The van der Waals surface area contributed by atoms with Crippen molar-refractivity contribution >= 4 is 34.8 Å². The van der Waals surface area contributed by atoms with Gasteiger partial charge in [-0.25, -0.2) is 0 Å². The van der Waals surface area contributed by atoms with Gasteiger partial charge >= 0.3 is 0 Å². The van der Waals surface area contributed by atoms with E-state index in [2.05, 4.69) is 22.9 Å². The summed E-state index contributed by atoms with van der Waals surface area (Å²) in [5, 5.41) is 9.26. The zero-order valence-corrected chi connectivity index (χ0v) is 16.0. The third-order valence-corrected chi connectivity index (χ3v) is 4.10. The van der Waals surface area contributed by atoms with Crippen molar-refractivity contribution < 1.29 is 9.59 Å². The molecule has 0 saturated heterocycles. The van der Waals surface area contributed by atoms with Gasteiger partial charge in [-0.1, -0.05) is 51.1 Å². The maximum absolute atomic E-state index is 11.9. The molecule has 5 nitrogen and oxygen atoms in total. The van der Waals surface area contributed by atoms with Crippen LogP contribution in [0.15, 0.2) is 18.2 Å². The highest BCUT2D eigenvalue weighted by Crippen LogP contribution is 2.25. The van der Waals surface area contributed by atoms with Crippen LogP contribution in [0.3, 0.4) is 0 Å². The van der Waals surface area contributed by atoms with E-state index < -0.39 is 0 Å². The number of unbranched alkanes of at least 4 members (excludes halogenated alkanes) is 4. The number of nitrogens with one attached hydrogen (secondary N) is 3. The van der Waals surface area contributed by atoms with Crippen LogP contribution in [0.1, 0.15) is 58.8 Å². The van der Waals surface area contributed by atoms with Crippen molar-refractivity contribution in [1.29, 1.82) is 0 Å². The van der Waals surface area contributed by atoms with E-state index in [9.17, 15) is 9.59 Å². The number of hydrogen-bond acceptors (Lipinski definition) is 3. The first kappa shape index (κ1) is 21.3. The topological polar surface area (TPSA) is 70.2 Å². The summed E-state index contributed by atoms with van der Waals surface area (Å²) in [5.74, 6) is -0.0939. The summed E-state index contributed by atoms with van der Waals surface area (Å²) in [5.41, 5.74) is 1.30. The molecule has 6 heteroatoms. The molecule has 25 heavy (non-hydrogen) atoms. The van der Waals surface area contributed by atoms with Gasteiger partial charge in [-0.3, -0.25) is 9.59 Å². The Bertz CT molecular complexity index is 549. The van der Waals surface area contributed by atoms with E-state index in [-0.39, 0.29) is 18.4 Å². The van der Waals surface area contributed by atoms with Crippen LogP contribution in [0.5, 0.6) is 0 Å². The van der Waals surface area contributed by atoms with Gasteiger partial charge in [0.2, 0.25) is 11.8 Å². The molecule has 0 aromatic heterocycles. The van der Waals surface area contributed by atoms with Crippen molar-refractivity contribution in [3.63, 3.8) is 0 Å². The lowest BCUT2D eigenvalue weighted by Crippen LogP contribution is -2.30. The van der Waals surface area contributed by atoms with Crippen LogP contribution >= 0.6 is 11.6 Å². The van der Waals surface area contributed by atoms with Gasteiger partial charge in [-0.2, -0.15) is 0 Å². The van der Waals surface area contributed by atoms with Crippen LogP contribution in [-0.2, 0) is 9.59 Å². The zero-order chi connectivity index (χ0) is 18.5. The predicted molar refractivity (Wildman–Crippen MR) is 105 cm³/mol. The van der Waals surface area contributed by atoms with Crippen LogP contribution in [0.25, 0.3) is 0 Å². The van der Waals surface area contributed by atoms with Crippen LogP contribution < -0.4 is 16.0 Å². The van der Waals surface area contributed by atoms with Crippen molar-refractivity contribution in [2.24, 2.45) is 0 Å². The van der Waals surface area contributed by atoms with Crippen LogP contribution in [0.4, 0.5) is 11.4 Å². The number of carbonyl (C=O) groups is 2. The van der Waals surface area contributed by atoms with Crippen LogP contribution in [0, 0.1) is 0 Å². The van der Waals surface area contributed by atoms with E-state index in [0.717, 1.165) is 19.3 Å². The smallest absolute Gasteiger partial charge is 0.239 e. The molecule has 0 aliphatic heterocycles. The largest absolute Gasteiger partial charge is 0.375 e. The second kappa shape index (κ2) is 12.6. The molecule has 3 N–H and O–H groups in total. The third kappa shape index (κ3) is 9.34. The molecule has 1 rings (SSSR count). The summed E-state index contributed by atoms with van der Waals surface area (Å²) < 4.78 is 0. The normalized spacial score (nSPS) is 10.4. The molecule has 140 valence electrons. The van der Waals surface area contributed by atoms with Crippen molar-refractivity contribution in [2.45, 2.75) is 58.8 Å². The van der Waals surface area contributed by atoms with Gasteiger partial charge in [-0.05, 0) is 31.0 Å². The highest BCUT2D eigenvalue weighted by molar-refractivity contribution is 6.33. The minimum absolute atomic E-state index is 0.0309. The lowest BCUT2D eigenvalue weighted by atomic mass is 10.1. The minimum Gasteiger partial charge on any atom is -0.375 e. The molecule has 0 bridgehead atoms. The van der Waals surface area contributed by atoms with Gasteiger partial charge in [0.05, 0.1) is 17.3 Å². The Hall–Kier alpha value is -1.75. The number of rotatable bonds is 12. The average molecular weight is 368 g/mol. The Labute approximate surface area is 155 Å². The summed E-state index contributed by atoms with van der Waals surface area (Å²) >= 11 is 6.15. The lowest BCUT2D eigenvalue weighted by Gasteiger charge is -2.11. The van der Waals surface area contributed by atoms with Gasteiger partial charge in [0.1, 0.15) is 0 Å². The summed E-state index contributed by atoms with van der Waals surface area (Å²) in [6, 6.07) is 5.20. The second-order valence-electron chi connectivity index (χ2n) is 6.11. The second-order valence-corrected chi connectivity index (χ2v) is 6.52. The van der Waals surface area contributed by atoms with Crippen molar-refractivity contribution in [3.8, 4) is 0 Å². The van der Waals surface area contributed by atoms with Crippen molar-refractivity contribution in [2.75, 3.05) is 23.7 Å². The molecule has 0 atom stereocenters. The Morgan fingerprint density at radius 2 is 1.76 bits per heavy atom. The van der Waals surface area contributed by atoms with Gasteiger partial charge in [-0.15, -0.1) is 0 Å². The number of benzene rings is 1. The molecule has 0 fully saturated rings. The highest BCUT2D eigenvalue weighted by atomic mass is 35.5. The summed E-state index contributed by atoms with van der Waals surface area (Å²) in [6.07, 6.45) is 7.11. The number of amides is 2. The van der Waals surface area contributed by atoms with Crippen molar-refractivity contribution in [3.05, 3.63) is 23.2 Å². The summed E-state index contributed by atoms with van der Waals surface area (Å²) in [6.45, 7) is 4.99. The first-order chi connectivity index (χ1) is 12.1. The molecule has 0 aliphatic carbocycles. The number of carbonyl (C=O) groups excluding carboxylic acids is 2. The van der Waals surface area contributed by atoms with Crippen LogP contribution in [-0.4, -0.2) is 24.9 Å². The van der Waals surface area contributed by atoms with E-state index in [0.29, 0.717) is 29.4 Å². The fourth-order valence-corrected chi connectivity index (χ4v) is 2.57. The lowest BCUT2D eigenvalue weighted by molar-refractivity contribution is -0.119. The average Bonchev–Trinajstić information content (AvgIpc) is 2.58. The summed E-state index contributed by atoms with van der Waals surface area (Å²) in [4.78, 5) is 23.5. The van der Waals surface area contributed by atoms with E-state index in [1.165, 1.54) is 19.3 Å². The molecule has 0 spiro atoms. The van der Waals surface area contributed by atoms with Crippen molar-refractivity contribution in [1.82, 2.24) is 5.32 Å². The monoisotopic (exact) mass is 367 g/mol. The molecule has 1 aromatic carbocycles. The fourth-order valence-electron chi connectivity index (χ4n) is 2.38. The molecular formula is C19H30ClN3O2. The number of anilines is 2. The Kier molecular flexibility index (Phi) is 10.7. The predicted octanol–water partition coefficient (Wildman–Crippen LogP) is 4.58. The standard InChI is InChI=1S/C19H30ClN3O2/c1-3-5-6-7-8-12-21-19(25)14-22-17-13-15(10-11-16(17)20)23-18(24)9-4-2/h10-11,13,22H,3-9,12,14H2,1-2H3,(H,21,25)(H,23,24). The van der Waals surface area contributed by atoms with Gasteiger partial charge in [0.25, 0.3) is 0 Å². The minimum atomic E-state index is -0.0630. The quantitative estimate of drug-likeness (QED) is 0.473. The zero-order valence-electron chi connectivity index (χ0n) is 15.3.